The van der Waals surface area contributed by atoms with E-state index in [0.717, 1.165) is 38.5 Å². The van der Waals surface area contributed by atoms with E-state index < -0.39 is 5.79 Å². The summed E-state index contributed by atoms with van der Waals surface area (Å²) in [6.45, 7) is 7.84. The van der Waals surface area contributed by atoms with Crippen LogP contribution in [0.4, 0.5) is 0 Å². The molecule has 0 amide bonds. The number of carbonyl (C=O) groups excluding carboxylic acids is 1. The highest BCUT2D eigenvalue weighted by molar-refractivity contribution is 5.82. The molecule has 1 unspecified atom stereocenters. The quantitative estimate of drug-likeness (QED) is 0.387. The molecule has 0 aromatic heterocycles. The van der Waals surface area contributed by atoms with Crippen molar-refractivity contribution in [3.8, 4) is 0 Å². The van der Waals surface area contributed by atoms with Gasteiger partial charge in [0, 0.05) is 12.8 Å². The third-order valence-electron chi connectivity index (χ3n) is 4.92. The van der Waals surface area contributed by atoms with Gasteiger partial charge in [0.2, 0.25) is 0 Å². The van der Waals surface area contributed by atoms with Crippen LogP contribution in [0.5, 0.6) is 0 Å². The van der Waals surface area contributed by atoms with Crippen molar-refractivity contribution < 1.29 is 14.3 Å². The van der Waals surface area contributed by atoms with Gasteiger partial charge in [0.1, 0.15) is 5.78 Å². The molecule has 1 atom stereocenters. The Hall–Kier alpha value is -0.410. The third kappa shape index (κ3) is 6.93. The molecule has 0 radical (unpaired) electrons. The molecule has 1 rings (SSSR count). The summed E-state index contributed by atoms with van der Waals surface area (Å²) in [7, 11) is 0. The van der Waals surface area contributed by atoms with E-state index in [2.05, 4.69) is 20.8 Å². The van der Waals surface area contributed by atoms with Crippen molar-refractivity contribution in [2.24, 2.45) is 5.92 Å². The van der Waals surface area contributed by atoms with Gasteiger partial charge in [0.05, 0.1) is 19.1 Å². The van der Waals surface area contributed by atoms with Crippen LogP contribution < -0.4 is 0 Å². The Bertz CT molecular complexity index is 308. The molecule has 0 aromatic carbocycles. The second-order valence-corrected chi connectivity index (χ2v) is 6.94. The van der Waals surface area contributed by atoms with E-state index in [1.54, 1.807) is 0 Å². The molecule has 3 nitrogen and oxygen atoms in total. The van der Waals surface area contributed by atoms with Crippen LogP contribution in [0.2, 0.25) is 0 Å². The summed E-state index contributed by atoms with van der Waals surface area (Å²) in [6.07, 6.45) is 12.8. The van der Waals surface area contributed by atoms with E-state index in [1.807, 2.05) is 0 Å². The smallest absolute Gasteiger partial charge is 0.178 e. The van der Waals surface area contributed by atoms with Crippen LogP contribution in [0.1, 0.15) is 97.8 Å². The Balaban J connectivity index is 2.64. The van der Waals surface area contributed by atoms with E-state index in [9.17, 15) is 4.79 Å². The maximum Gasteiger partial charge on any atom is 0.178 e. The normalized spacial score (nSPS) is 18.2. The molecule has 136 valence electrons. The minimum absolute atomic E-state index is 0.0663. The van der Waals surface area contributed by atoms with Crippen LogP contribution in [-0.2, 0) is 14.3 Å². The highest BCUT2D eigenvalue weighted by atomic mass is 16.7. The van der Waals surface area contributed by atoms with E-state index in [1.165, 1.54) is 32.1 Å². The molecular weight excluding hydrogens is 288 g/mol. The third-order valence-corrected chi connectivity index (χ3v) is 4.92. The van der Waals surface area contributed by atoms with E-state index in [-0.39, 0.29) is 5.92 Å². The van der Waals surface area contributed by atoms with Crippen molar-refractivity contribution >= 4 is 5.78 Å². The molecule has 1 fully saturated rings. The Morgan fingerprint density at radius 3 is 2.04 bits per heavy atom. The summed E-state index contributed by atoms with van der Waals surface area (Å²) in [5, 5.41) is 0. The fourth-order valence-electron chi connectivity index (χ4n) is 3.64. The van der Waals surface area contributed by atoms with Crippen LogP contribution in [0.3, 0.4) is 0 Å². The molecular formula is C20H38O3. The van der Waals surface area contributed by atoms with Crippen molar-refractivity contribution in [2.45, 2.75) is 104 Å². The molecule has 0 saturated carbocycles. The van der Waals surface area contributed by atoms with Crippen LogP contribution in [0.15, 0.2) is 0 Å². The van der Waals surface area contributed by atoms with Gasteiger partial charge in [-0.2, -0.15) is 0 Å². The van der Waals surface area contributed by atoms with Crippen LogP contribution in [0, 0.1) is 5.92 Å². The second kappa shape index (κ2) is 12.0. The molecule has 0 spiro atoms. The maximum absolute atomic E-state index is 12.9. The molecule has 0 N–H and O–H groups in total. The first-order valence-corrected chi connectivity index (χ1v) is 10.0. The largest absolute Gasteiger partial charge is 0.347 e. The van der Waals surface area contributed by atoms with Crippen molar-refractivity contribution in [3.63, 3.8) is 0 Å². The van der Waals surface area contributed by atoms with Crippen molar-refractivity contribution in [1.82, 2.24) is 0 Å². The number of Topliss-reactive ketones (excluding diaryl/α,β-unsaturated/α-hetero) is 1. The monoisotopic (exact) mass is 326 g/mol. The van der Waals surface area contributed by atoms with Crippen molar-refractivity contribution in [1.29, 1.82) is 0 Å². The van der Waals surface area contributed by atoms with Crippen molar-refractivity contribution in [2.75, 3.05) is 13.2 Å². The van der Waals surface area contributed by atoms with Crippen LogP contribution in [-0.4, -0.2) is 24.8 Å². The molecule has 0 aromatic rings. The standard InChI is InChI=1S/C20H38O3/c1-4-7-9-11-13-18(19(21)14-12-10-8-5-2)20(15-6-3)22-16-17-23-20/h18H,4-17H2,1-3H3. The summed E-state index contributed by atoms with van der Waals surface area (Å²) in [5.41, 5.74) is 0. The SMILES string of the molecule is CCCCCCC(=O)C(CCCCCC)C1(CCC)OCCO1. The Morgan fingerprint density at radius 1 is 0.870 bits per heavy atom. The number of unbranched alkanes of at least 4 members (excludes halogenated alkanes) is 6. The molecule has 0 aliphatic carbocycles. The number of hydrogen-bond acceptors (Lipinski definition) is 3. The minimum Gasteiger partial charge on any atom is -0.347 e. The number of rotatable bonds is 14. The number of ketones is 1. The highest BCUT2D eigenvalue weighted by Crippen LogP contribution is 2.37. The lowest BCUT2D eigenvalue weighted by molar-refractivity contribution is -0.203. The first-order chi connectivity index (χ1) is 11.2. The number of carbonyl (C=O) groups is 1. The molecule has 1 heterocycles. The molecule has 1 aliphatic heterocycles. The van der Waals surface area contributed by atoms with E-state index in [4.69, 9.17) is 9.47 Å². The summed E-state index contributed by atoms with van der Waals surface area (Å²) in [5.74, 6) is -0.320. The van der Waals surface area contributed by atoms with E-state index in [0.29, 0.717) is 25.4 Å². The van der Waals surface area contributed by atoms with Gasteiger partial charge >= 0.3 is 0 Å². The summed E-state index contributed by atoms with van der Waals surface area (Å²) in [4.78, 5) is 12.9. The van der Waals surface area contributed by atoms with Gasteiger partial charge in [-0.15, -0.1) is 0 Å². The Labute approximate surface area is 143 Å². The second-order valence-electron chi connectivity index (χ2n) is 6.94. The topological polar surface area (TPSA) is 35.5 Å². The van der Waals surface area contributed by atoms with Gasteiger partial charge in [-0.1, -0.05) is 72.1 Å². The summed E-state index contributed by atoms with van der Waals surface area (Å²) < 4.78 is 12.0. The van der Waals surface area contributed by atoms with Gasteiger partial charge in [0.15, 0.2) is 5.79 Å². The average molecular weight is 327 g/mol. The fourth-order valence-corrected chi connectivity index (χ4v) is 3.64. The average Bonchev–Trinajstić information content (AvgIpc) is 3.01. The Kier molecular flexibility index (Phi) is 10.8. The fraction of sp³-hybridized carbons (Fsp3) is 0.950. The van der Waals surface area contributed by atoms with Gasteiger partial charge < -0.3 is 9.47 Å². The zero-order chi connectivity index (χ0) is 17.0. The molecule has 1 aliphatic rings. The zero-order valence-corrected chi connectivity index (χ0v) is 15.7. The molecule has 0 bridgehead atoms. The highest BCUT2D eigenvalue weighted by Gasteiger charge is 2.46. The zero-order valence-electron chi connectivity index (χ0n) is 15.7. The first-order valence-electron chi connectivity index (χ1n) is 10.0. The number of ether oxygens (including phenoxy) is 2. The lowest BCUT2D eigenvalue weighted by Crippen LogP contribution is -2.43. The van der Waals surface area contributed by atoms with Crippen LogP contribution >= 0.6 is 0 Å². The summed E-state index contributed by atoms with van der Waals surface area (Å²) in [6, 6.07) is 0. The minimum atomic E-state index is -0.622. The molecule has 1 saturated heterocycles. The van der Waals surface area contributed by atoms with Crippen LogP contribution in [0.25, 0.3) is 0 Å². The molecule has 23 heavy (non-hydrogen) atoms. The van der Waals surface area contributed by atoms with Gasteiger partial charge in [-0.25, -0.2) is 0 Å². The van der Waals surface area contributed by atoms with Gasteiger partial charge in [-0.3, -0.25) is 4.79 Å². The first kappa shape index (κ1) is 20.6. The van der Waals surface area contributed by atoms with Gasteiger partial charge in [0.25, 0.3) is 0 Å². The summed E-state index contributed by atoms with van der Waals surface area (Å²) >= 11 is 0. The lowest BCUT2D eigenvalue weighted by atomic mass is 9.83. The predicted octanol–water partition coefficient (Wildman–Crippen LogP) is 5.66. The number of hydrogen-bond donors (Lipinski definition) is 0. The maximum atomic E-state index is 12.9. The molecule has 3 heteroatoms. The van der Waals surface area contributed by atoms with Crippen molar-refractivity contribution in [3.05, 3.63) is 0 Å². The van der Waals surface area contributed by atoms with E-state index >= 15 is 0 Å². The van der Waals surface area contributed by atoms with Gasteiger partial charge in [-0.05, 0) is 12.8 Å². The predicted molar refractivity (Wildman–Crippen MR) is 95.6 cm³/mol. The Morgan fingerprint density at radius 2 is 1.48 bits per heavy atom. The lowest BCUT2D eigenvalue weighted by Gasteiger charge is -2.35.